The molecule has 6 nitrogen and oxygen atoms in total. The molecule has 0 atom stereocenters. The van der Waals surface area contributed by atoms with Gasteiger partial charge in [0.15, 0.2) is 0 Å². The first-order valence-electron chi connectivity index (χ1n) is 6.91. The Labute approximate surface area is 124 Å². The smallest absolute Gasteiger partial charge is 0.250 e. The molecule has 0 unspecified atom stereocenters. The second-order valence-electron chi connectivity index (χ2n) is 5.60. The predicted octanol–water partition coefficient (Wildman–Crippen LogP) is 1.27. The van der Waals surface area contributed by atoms with E-state index >= 15 is 0 Å². The van der Waals surface area contributed by atoms with Crippen LogP contribution in [-0.2, 0) is 14.3 Å². The van der Waals surface area contributed by atoms with Gasteiger partial charge in [-0.05, 0) is 31.5 Å². The first-order chi connectivity index (χ1) is 9.88. The normalized spacial score (nSPS) is 16.0. The number of benzene rings is 1. The fourth-order valence-corrected chi connectivity index (χ4v) is 2.04. The van der Waals surface area contributed by atoms with E-state index in [0.717, 1.165) is 18.7 Å². The van der Waals surface area contributed by atoms with Crippen LogP contribution in [0.3, 0.4) is 0 Å². The Morgan fingerprint density at radius 3 is 2.62 bits per heavy atom. The lowest BCUT2D eigenvalue weighted by molar-refractivity contribution is -0.130. The number of hydrogen-bond donors (Lipinski definition) is 3. The highest BCUT2D eigenvalue weighted by Gasteiger charge is 2.32. The molecule has 3 N–H and O–H groups in total. The van der Waals surface area contributed by atoms with Gasteiger partial charge in [0.05, 0.1) is 5.60 Å². The molecule has 21 heavy (non-hydrogen) atoms. The molecule has 114 valence electrons. The molecule has 1 saturated heterocycles. The summed E-state index contributed by atoms with van der Waals surface area (Å²) in [4.78, 5) is 23.0. The van der Waals surface area contributed by atoms with Crippen LogP contribution in [0.1, 0.15) is 19.4 Å². The van der Waals surface area contributed by atoms with E-state index < -0.39 is 0 Å². The summed E-state index contributed by atoms with van der Waals surface area (Å²) in [5, 5.41) is 8.61. The van der Waals surface area contributed by atoms with Crippen molar-refractivity contribution in [1.82, 2.24) is 5.32 Å². The molecule has 1 heterocycles. The Morgan fingerprint density at radius 2 is 2.05 bits per heavy atom. The molecule has 0 aliphatic carbocycles. The average Bonchev–Trinajstić information content (AvgIpc) is 2.37. The third kappa shape index (κ3) is 4.27. The number of amides is 2. The summed E-state index contributed by atoms with van der Waals surface area (Å²) >= 11 is 0. The van der Waals surface area contributed by atoms with E-state index in [1.807, 2.05) is 19.9 Å². The minimum absolute atomic E-state index is 0.0154. The molecule has 0 saturated carbocycles. The van der Waals surface area contributed by atoms with E-state index in [-0.39, 0.29) is 24.0 Å². The van der Waals surface area contributed by atoms with Crippen molar-refractivity contribution < 1.29 is 14.3 Å². The van der Waals surface area contributed by atoms with Crippen LogP contribution in [0.2, 0.25) is 0 Å². The number of ether oxygens (including phenoxy) is 1. The fourth-order valence-electron chi connectivity index (χ4n) is 2.04. The van der Waals surface area contributed by atoms with Crippen molar-refractivity contribution in [3.63, 3.8) is 0 Å². The van der Waals surface area contributed by atoms with Crippen LogP contribution in [0.5, 0.6) is 0 Å². The Bertz CT molecular complexity index is 553. The summed E-state index contributed by atoms with van der Waals surface area (Å²) in [5.41, 5.74) is 2.02. The van der Waals surface area contributed by atoms with Crippen LogP contribution in [-0.4, -0.2) is 37.1 Å². The van der Waals surface area contributed by atoms with Gasteiger partial charge in [0, 0.05) is 31.4 Å². The van der Waals surface area contributed by atoms with Crippen molar-refractivity contribution in [2.24, 2.45) is 0 Å². The number of aryl methyl sites for hydroxylation is 1. The molecule has 1 aromatic carbocycles. The van der Waals surface area contributed by atoms with Crippen LogP contribution in [0.15, 0.2) is 18.2 Å². The van der Waals surface area contributed by atoms with Crippen molar-refractivity contribution in [3.8, 4) is 0 Å². The van der Waals surface area contributed by atoms with E-state index in [9.17, 15) is 9.59 Å². The van der Waals surface area contributed by atoms with Gasteiger partial charge in [-0.1, -0.05) is 6.07 Å². The summed E-state index contributed by atoms with van der Waals surface area (Å²) < 4.78 is 5.57. The lowest BCUT2D eigenvalue weighted by Crippen LogP contribution is -2.59. The molecule has 2 amide bonds. The van der Waals surface area contributed by atoms with Gasteiger partial charge in [-0.3, -0.25) is 9.59 Å². The van der Waals surface area contributed by atoms with Crippen LogP contribution < -0.4 is 16.0 Å². The lowest BCUT2D eigenvalue weighted by Gasteiger charge is -2.38. The highest BCUT2D eigenvalue weighted by molar-refractivity contribution is 5.94. The van der Waals surface area contributed by atoms with Gasteiger partial charge in [-0.15, -0.1) is 0 Å². The Hall–Kier alpha value is -1.92. The monoisotopic (exact) mass is 291 g/mol. The summed E-state index contributed by atoms with van der Waals surface area (Å²) in [7, 11) is 0. The molecular formula is C15H21N3O3. The molecule has 1 aromatic rings. The Kier molecular flexibility index (Phi) is 4.59. The second kappa shape index (κ2) is 6.24. The molecule has 0 spiro atoms. The quantitative estimate of drug-likeness (QED) is 0.763. The summed E-state index contributed by atoms with van der Waals surface area (Å²) in [6.45, 7) is 6.85. The van der Waals surface area contributed by atoms with Gasteiger partial charge in [-0.2, -0.15) is 0 Å². The van der Waals surface area contributed by atoms with E-state index in [1.54, 1.807) is 12.1 Å². The molecule has 6 heteroatoms. The number of carbonyl (C=O) groups is 2. The Morgan fingerprint density at radius 1 is 1.33 bits per heavy atom. The lowest BCUT2D eigenvalue weighted by atomic mass is 10.0. The molecule has 0 radical (unpaired) electrons. The number of hydrogen-bond acceptors (Lipinski definition) is 4. The number of nitrogens with one attached hydrogen (secondary N) is 3. The van der Waals surface area contributed by atoms with Crippen molar-refractivity contribution in [2.75, 3.05) is 30.3 Å². The molecule has 1 aliphatic rings. The topological polar surface area (TPSA) is 79.5 Å². The average molecular weight is 291 g/mol. The van der Waals surface area contributed by atoms with E-state index in [0.29, 0.717) is 11.4 Å². The zero-order chi connectivity index (χ0) is 15.5. The Balaban J connectivity index is 1.92. The first kappa shape index (κ1) is 15.5. The number of carbonyl (C=O) groups excluding carboxylic acids is 2. The van der Waals surface area contributed by atoms with Crippen LogP contribution in [0.25, 0.3) is 0 Å². The predicted molar refractivity (Wildman–Crippen MR) is 81.3 cm³/mol. The highest BCUT2D eigenvalue weighted by Crippen LogP contribution is 2.20. The minimum Gasteiger partial charge on any atom is -0.363 e. The maximum absolute atomic E-state index is 11.9. The van der Waals surface area contributed by atoms with Crippen LogP contribution in [0.4, 0.5) is 11.4 Å². The molecule has 2 rings (SSSR count). The molecular weight excluding hydrogens is 270 g/mol. The van der Waals surface area contributed by atoms with Gasteiger partial charge in [0.1, 0.15) is 6.61 Å². The summed E-state index contributed by atoms with van der Waals surface area (Å²) in [6, 6.07) is 5.38. The van der Waals surface area contributed by atoms with Crippen molar-refractivity contribution in [1.29, 1.82) is 0 Å². The second-order valence-corrected chi connectivity index (χ2v) is 5.60. The first-order valence-corrected chi connectivity index (χ1v) is 6.91. The van der Waals surface area contributed by atoms with E-state index in [4.69, 9.17) is 4.74 Å². The summed E-state index contributed by atoms with van der Waals surface area (Å²) in [6.07, 6.45) is 0. The third-order valence-corrected chi connectivity index (χ3v) is 3.38. The summed E-state index contributed by atoms with van der Waals surface area (Å²) in [5.74, 6) is -0.351. The molecule has 0 bridgehead atoms. The van der Waals surface area contributed by atoms with Crippen LogP contribution in [0, 0.1) is 6.92 Å². The number of anilines is 2. The molecule has 0 aromatic heterocycles. The fraction of sp³-hybridized carbons (Fsp3) is 0.467. The zero-order valence-corrected chi connectivity index (χ0v) is 12.6. The van der Waals surface area contributed by atoms with Gasteiger partial charge in [0.25, 0.3) is 0 Å². The van der Waals surface area contributed by atoms with Crippen molar-refractivity contribution in [3.05, 3.63) is 23.8 Å². The standard InChI is InChI=1S/C15H21N3O3/c1-10-4-5-12(6-13(10)17-11(2)19)18-14(20)7-21-15(3)8-16-9-15/h4-6,16H,7-9H2,1-3H3,(H,17,19)(H,18,20). The third-order valence-electron chi connectivity index (χ3n) is 3.38. The van der Waals surface area contributed by atoms with Gasteiger partial charge < -0.3 is 20.7 Å². The minimum atomic E-state index is -0.244. The maximum Gasteiger partial charge on any atom is 0.250 e. The zero-order valence-electron chi connectivity index (χ0n) is 12.6. The molecule has 1 fully saturated rings. The van der Waals surface area contributed by atoms with E-state index in [2.05, 4.69) is 16.0 Å². The van der Waals surface area contributed by atoms with Crippen molar-refractivity contribution >= 4 is 23.2 Å². The molecule has 1 aliphatic heterocycles. The number of rotatable bonds is 5. The highest BCUT2D eigenvalue weighted by atomic mass is 16.5. The van der Waals surface area contributed by atoms with Crippen LogP contribution >= 0.6 is 0 Å². The SMILES string of the molecule is CC(=O)Nc1cc(NC(=O)COC2(C)CNC2)ccc1C. The van der Waals surface area contributed by atoms with Gasteiger partial charge in [0.2, 0.25) is 11.8 Å². The van der Waals surface area contributed by atoms with E-state index in [1.165, 1.54) is 6.92 Å². The maximum atomic E-state index is 11.9. The van der Waals surface area contributed by atoms with Gasteiger partial charge >= 0.3 is 0 Å². The largest absolute Gasteiger partial charge is 0.363 e. The van der Waals surface area contributed by atoms with Gasteiger partial charge in [-0.25, -0.2) is 0 Å². The van der Waals surface area contributed by atoms with Crippen molar-refractivity contribution in [2.45, 2.75) is 26.4 Å².